The lowest BCUT2D eigenvalue weighted by Gasteiger charge is -2.17. The number of aryl methyl sites for hydroxylation is 1. The molecule has 1 heterocycles. The monoisotopic (exact) mass is 463 g/mol. The zero-order valence-electron chi connectivity index (χ0n) is 18.2. The van der Waals surface area contributed by atoms with Crippen molar-refractivity contribution in [2.45, 2.75) is 45.9 Å². The molecule has 0 radical (unpaired) electrons. The molecular weight excluding hydrogens is 439 g/mol. The summed E-state index contributed by atoms with van der Waals surface area (Å²) in [5.74, 6) is 0.0200. The van der Waals surface area contributed by atoms with Crippen LogP contribution in [-0.4, -0.2) is 17.6 Å². The van der Waals surface area contributed by atoms with Crippen molar-refractivity contribution in [2.24, 2.45) is 0 Å². The van der Waals surface area contributed by atoms with Gasteiger partial charge in [-0.2, -0.15) is 13.2 Å². The third kappa shape index (κ3) is 5.48. The molecule has 0 aliphatic rings. The summed E-state index contributed by atoms with van der Waals surface area (Å²) in [5.41, 5.74) is 1.73. The van der Waals surface area contributed by atoms with Gasteiger partial charge < -0.3 is 9.47 Å². The van der Waals surface area contributed by atoms with Gasteiger partial charge in [0.1, 0.15) is 16.9 Å². The highest BCUT2D eigenvalue weighted by Gasteiger charge is 2.30. The topological polar surface area (TPSA) is 48.4 Å². The molecule has 0 N–H and O–H groups in total. The van der Waals surface area contributed by atoms with E-state index in [0.29, 0.717) is 22.9 Å². The van der Waals surface area contributed by atoms with E-state index in [1.807, 2.05) is 39.0 Å². The molecule has 8 heteroatoms. The first-order chi connectivity index (χ1) is 15.1. The predicted molar refractivity (Wildman–Crippen MR) is 118 cm³/mol. The molecule has 0 spiro atoms. The molecule has 32 heavy (non-hydrogen) atoms. The molecule has 170 valence electrons. The minimum atomic E-state index is -4.36. The lowest BCUT2D eigenvalue weighted by molar-refractivity contribution is -0.144. The number of hydrogen-bond acceptors (Lipinski definition) is 5. The van der Waals surface area contributed by atoms with Crippen molar-refractivity contribution < 1.29 is 27.4 Å². The number of carbonyl (C=O) groups is 1. The van der Waals surface area contributed by atoms with Gasteiger partial charge in [0.15, 0.2) is 0 Å². The number of rotatable bonds is 7. The summed E-state index contributed by atoms with van der Waals surface area (Å²) < 4.78 is 49.4. The lowest BCUT2D eigenvalue weighted by atomic mass is 9.96. The average Bonchev–Trinajstić information content (AvgIpc) is 3.23. The van der Waals surface area contributed by atoms with Gasteiger partial charge in [-0.3, -0.25) is 4.79 Å². The normalized spacial score (nSPS) is 13.5. The Bertz CT molecular complexity index is 1080. The summed E-state index contributed by atoms with van der Waals surface area (Å²) in [6, 6.07) is 10.5. The summed E-state index contributed by atoms with van der Waals surface area (Å²) in [5, 5.41) is 0.624. The summed E-state index contributed by atoms with van der Waals surface area (Å²) >= 11 is 1.37. The molecule has 0 bridgehead atoms. The SMILES string of the molecule is CCOC(=O)C(C)c1ccc(OC(C)c2cnc(-c3ccc(C(F)(F)F)cc3)s2)cc1C. The zero-order chi connectivity index (χ0) is 23.5. The van der Waals surface area contributed by atoms with Gasteiger partial charge in [-0.1, -0.05) is 18.2 Å². The first kappa shape index (κ1) is 23.8. The third-order valence-corrected chi connectivity index (χ3v) is 6.25. The molecule has 3 aromatic rings. The zero-order valence-corrected chi connectivity index (χ0v) is 19.0. The summed E-state index contributed by atoms with van der Waals surface area (Å²) in [7, 11) is 0. The van der Waals surface area contributed by atoms with Gasteiger partial charge in [0.2, 0.25) is 0 Å². The number of carbonyl (C=O) groups excluding carboxylic acids is 1. The van der Waals surface area contributed by atoms with Crippen LogP contribution in [0.2, 0.25) is 0 Å². The van der Waals surface area contributed by atoms with Crippen molar-refractivity contribution >= 4 is 17.3 Å². The van der Waals surface area contributed by atoms with Crippen molar-refractivity contribution in [2.75, 3.05) is 6.61 Å². The van der Waals surface area contributed by atoms with Crippen LogP contribution in [0.25, 0.3) is 10.6 Å². The van der Waals surface area contributed by atoms with Gasteiger partial charge in [0.05, 0.1) is 23.0 Å². The molecule has 0 aliphatic carbocycles. The number of thiazole rings is 1. The first-order valence-electron chi connectivity index (χ1n) is 10.2. The molecule has 0 saturated heterocycles. The van der Waals surface area contributed by atoms with Crippen LogP contribution in [0.3, 0.4) is 0 Å². The Hall–Kier alpha value is -2.87. The van der Waals surface area contributed by atoms with Crippen LogP contribution in [0.4, 0.5) is 13.2 Å². The van der Waals surface area contributed by atoms with Crippen molar-refractivity contribution in [3.63, 3.8) is 0 Å². The van der Waals surface area contributed by atoms with Crippen LogP contribution in [0.5, 0.6) is 5.75 Å². The Kier molecular flexibility index (Phi) is 7.23. The maximum absolute atomic E-state index is 12.8. The molecule has 0 fully saturated rings. The van der Waals surface area contributed by atoms with E-state index in [9.17, 15) is 18.0 Å². The first-order valence-corrected chi connectivity index (χ1v) is 11.0. The number of halogens is 3. The fourth-order valence-electron chi connectivity index (χ4n) is 3.27. The minimum absolute atomic E-state index is 0.266. The standard InChI is InChI=1S/C24H24F3NO3S/c1-5-30-23(29)15(3)20-11-10-19(12-14(20)2)31-16(4)21-13-28-22(32-21)17-6-8-18(9-7-17)24(25,26)27/h6-13,15-16H,5H2,1-4H3. The smallest absolute Gasteiger partial charge is 0.416 e. The number of esters is 1. The van der Waals surface area contributed by atoms with E-state index >= 15 is 0 Å². The number of ether oxygens (including phenoxy) is 2. The summed E-state index contributed by atoms with van der Waals surface area (Å²) in [6.45, 7) is 7.72. The third-order valence-electron chi connectivity index (χ3n) is 5.04. The second-order valence-electron chi connectivity index (χ2n) is 7.40. The molecular formula is C24H24F3NO3S. The Morgan fingerprint density at radius 1 is 1.12 bits per heavy atom. The maximum atomic E-state index is 12.8. The van der Waals surface area contributed by atoms with E-state index in [1.165, 1.54) is 23.5 Å². The van der Waals surface area contributed by atoms with E-state index in [1.54, 1.807) is 13.1 Å². The van der Waals surface area contributed by atoms with Crippen molar-refractivity contribution in [1.29, 1.82) is 0 Å². The van der Waals surface area contributed by atoms with Crippen LogP contribution in [0.1, 0.15) is 54.4 Å². The second-order valence-corrected chi connectivity index (χ2v) is 8.46. The number of benzene rings is 2. The largest absolute Gasteiger partial charge is 0.485 e. The fourth-order valence-corrected chi connectivity index (χ4v) is 4.18. The number of nitrogens with zero attached hydrogens (tertiary/aromatic N) is 1. The maximum Gasteiger partial charge on any atom is 0.416 e. The van der Waals surface area contributed by atoms with Crippen LogP contribution in [0, 0.1) is 6.92 Å². The van der Waals surface area contributed by atoms with Crippen LogP contribution >= 0.6 is 11.3 Å². The molecule has 1 aromatic heterocycles. The second kappa shape index (κ2) is 9.73. The Morgan fingerprint density at radius 3 is 2.41 bits per heavy atom. The molecule has 4 nitrogen and oxygen atoms in total. The van der Waals surface area contributed by atoms with E-state index in [0.717, 1.165) is 28.1 Å². The highest BCUT2D eigenvalue weighted by atomic mass is 32.1. The summed E-state index contributed by atoms with van der Waals surface area (Å²) in [6.07, 6.45) is -2.99. The van der Waals surface area contributed by atoms with E-state index in [2.05, 4.69) is 4.98 Å². The average molecular weight is 464 g/mol. The molecule has 2 unspecified atom stereocenters. The van der Waals surface area contributed by atoms with Crippen LogP contribution in [0.15, 0.2) is 48.7 Å². The Morgan fingerprint density at radius 2 is 1.81 bits per heavy atom. The van der Waals surface area contributed by atoms with Gasteiger partial charge in [-0.25, -0.2) is 4.98 Å². The lowest BCUT2D eigenvalue weighted by Crippen LogP contribution is -2.14. The van der Waals surface area contributed by atoms with Gasteiger partial charge in [-0.15, -0.1) is 11.3 Å². The Balaban J connectivity index is 1.70. The molecule has 2 atom stereocenters. The van der Waals surface area contributed by atoms with Crippen molar-refractivity contribution in [3.05, 3.63) is 70.2 Å². The van der Waals surface area contributed by atoms with Crippen molar-refractivity contribution in [3.8, 4) is 16.3 Å². The number of aromatic nitrogens is 1. The van der Waals surface area contributed by atoms with E-state index < -0.39 is 11.7 Å². The number of hydrogen-bond donors (Lipinski definition) is 0. The van der Waals surface area contributed by atoms with E-state index in [-0.39, 0.29) is 18.0 Å². The fraction of sp³-hybridized carbons (Fsp3) is 0.333. The molecule has 0 amide bonds. The Labute approximate surface area is 189 Å². The molecule has 2 aromatic carbocycles. The quantitative estimate of drug-likeness (QED) is 0.356. The number of alkyl halides is 3. The van der Waals surface area contributed by atoms with E-state index in [4.69, 9.17) is 9.47 Å². The van der Waals surface area contributed by atoms with Crippen LogP contribution in [-0.2, 0) is 15.7 Å². The highest BCUT2D eigenvalue weighted by Crippen LogP contribution is 2.34. The van der Waals surface area contributed by atoms with Gasteiger partial charge in [-0.05, 0) is 63.1 Å². The van der Waals surface area contributed by atoms with Crippen molar-refractivity contribution in [1.82, 2.24) is 4.98 Å². The van der Waals surface area contributed by atoms with Crippen LogP contribution < -0.4 is 4.74 Å². The van der Waals surface area contributed by atoms with Gasteiger partial charge >= 0.3 is 12.1 Å². The summed E-state index contributed by atoms with van der Waals surface area (Å²) in [4.78, 5) is 17.2. The van der Waals surface area contributed by atoms with Gasteiger partial charge in [0.25, 0.3) is 0 Å². The van der Waals surface area contributed by atoms with Gasteiger partial charge in [0, 0.05) is 11.8 Å². The molecule has 3 rings (SSSR count). The predicted octanol–water partition coefficient (Wildman–Crippen LogP) is 6.94. The highest BCUT2D eigenvalue weighted by molar-refractivity contribution is 7.15. The molecule has 0 aliphatic heterocycles. The minimum Gasteiger partial charge on any atom is -0.485 e. The molecule has 0 saturated carbocycles.